The van der Waals surface area contributed by atoms with Crippen LogP contribution >= 0.6 is 15.9 Å². The number of halogens is 1. The third-order valence-electron chi connectivity index (χ3n) is 4.78. The maximum absolute atomic E-state index is 4.60. The summed E-state index contributed by atoms with van der Waals surface area (Å²) in [6.45, 7) is 3.40. The minimum Gasteiger partial charge on any atom is -0.314 e. The summed E-state index contributed by atoms with van der Waals surface area (Å²) >= 11 is 3.74. The molecule has 0 radical (unpaired) electrons. The van der Waals surface area contributed by atoms with Crippen LogP contribution in [0.3, 0.4) is 0 Å². The second kappa shape index (κ2) is 5.57. The summed E-state index contributed by atoms with van der Waals surface area (Å²) < 4.78 is 3.32. The molecule has 4 heteroatoms. The molecule has 1 N–H and O–H groups in total. The zero-order valence-electron chi connectivity index (χ0n) is 12.0. The quantitative estimate of drug-likeness (QED) is 0.871. The third kappa shape index (κ3) is 2.89. The van der Waals surface area contributed by atoms with Crippen LogP contribution < -0.4 is 5.32 Å². The Hall–Kier alpha value is -0.350. The Bertz CT molecular complexity index is 450. The van der Waals surface area contributed by atoms with Gasteiger partial charge in [0, 0.05) is 13.1 Å². The summed E-state index contributed by atoms with van der Waals surface area (Å²) in [7, 11) is 2.08. The van der Waals surface area contributed by atoms with E-state index in [1.54, 1.807) is 0 Å². The Morgan fingerprint density at radius 2 is 2.00 bits per heavy atom. The molecule has 2 fully saturated rings. The second-order valence-electron chi connectivity index (χ2n) is 6.17. The number of nitrogens with zero attached hydrogens (tertiary/aromatic N) is 2. The lowest BCUT2D eigenvalue weighted by Gasteiger charge is -2.37. The Labute approximate surface area is 124 Å². The van der Waals surface area contributed by atoms with Gasteiger partial charge in [0.05, 0.1) is 15.9 Å². The summed E-state index contributed by atoms with van der Waals surface area (Å²) in [5, 5.41) is 8.29. The maximum Gasteiger partial charge on any atom is 0.0766 e. The number of aryl methyl sites for hydroxylation is 2. The molecular weight excluding hydrogens is 302 g/mol. The summed E-state index contributed by atoms with van der Waals surface area (Å²) in [5.74, 6) is 1.73. The first kappa shape index (κ1) is 13.6. The molecule has 1 aromatic rings. The largest absolute Gasteiger partial charge is 0.314 e. The SMILES string of the molecule is CCc1nn(C)c(CC2CCC2CNC2CC2)c1Br. The molecule has 0 saturated heterocycles. The lowest BCUT2D eigenvalue weighted by molar-refractivity contribution is 0.167. The molecule has 0 aliphatic heterocycles. The van der Waals surface area contributed by atoms with E-state index in [4.69, 9.17) is 0 Å². The van der Waals surface area contributed by atoms with Crippen molar-refractivity contribution < 1.29 is 0 Å². The number of aromatic nitrogens is 2. The lowest BCUT2D eigenvalue weighted by atomic mass is 9.71. The van der Waals surface area contributed by atoms with Gasteiger partial charge in [0.15, 0.2) is 0 Å². The van der Waals surface area contributed by atoms with Gasteiger partial charge in [-0.25, -0.2) is 0 Å². The van der Waals surface area contributed by atoms with Gasteiger partial charge in [-0.05, 0) is 72.8 Å². The van der Waals surface area contributed by atoms with Gasteiger partial charge in [-0.2, -0.15) is 5.10 Å². The zero-order chi connectivity index (χ0) is 13.4. The molecule has 1 heterocycles. The second-order valence-corrected chi connectivity index (χ2v) is 6.96. The van der Waals surface area contributed by atoms with E-state index in [-0.39, 0.29) is 0 Å². The molecule has 0 bridgehead atoms. The highest BCUT2D eigenvalue weighted by Gasteiger charge is 2.33. The fraction of sp³-hybridized carbons (Fsp3) is 0.800. The van der Waals surface area contributed by atoms with Gasteiger partial charge in [-0.3, -0.25) is 4.68 Å². The predicted molar refractivity (Wildman–Crippen MR) is 81.2 cm³/mol. The summed E-state index contributed by atoms with van der Waals surface area (Å²) in [6, 6.07) is 0.844. The van der Waals surface area contributed by atoms with Crippen LogP contribution in [-0.4, -0.2) is 22.4 Å². The summed E-state index contributed by atoms with van der Waals surface area (Å²) in [5.41, 5.74) is 2.59. The topological polar surface area (TPSA) is 29.9 Å². The van der Waals surface area contributed by atoms with Gasteiger partial charge in [0.2, 0.25) is 0 Å². The molecule has 19 heavy (non-hydrogen) atoms. The van der Waals surface area contributed by atoms with Crippen molar-refractivity contribution in [3.05, 3.63) is 15.9 Å². The number of hydrogen-bond donors (Lipinski definition) is 1. The molecule has 3 nitrogen and oxygen atoms in total. The van der Waals surface area contributed by atoms with Crippen molar-refractivity contribution in [3.8, 4) is 0 Å². The van der Waals surface area contributed by atoms with E-state index < -0.39 is 0 Å². The molecule has 2 aliphatic rings. The van der Waals surface area contributed by atoms with Crippen LogP contribution in [0.5, 0.6) is 0 Å². The van der Waals surface area contributed by atoms with Gasteiger partial charge in [0.1, 0.15) is 0 Å². The lowest BCUT2D eigenvalue weighted by Crippen LogP contribution is -2.37. The van der Waals surface area contributed by atoms with E-state index in [2.05, 4.69) is 45.0 Å². The highest BCUT2D eigenvalue weighted by atomic mass is 79.9. The van der Waals surface area contributed by atoms with E-state index in [1.807, 2.05) is 0 Å². The van der Waals surface area contributed by atoms with Crippen molar-refractivity contribution in [2.24, 2.45) is 18.9 Å². The van der Waals surface area contributed by atoms with E-state index in [1.165, 1.54) is 54.5 Å². The van der Waals surface area contributed by atoms with Crippen molar-refractivity contribution in [3.63, 3.8) is 0 Å². The van der Waals surface area contributed by atoms with Crippen LogP contribution in [0.1, 0.15) is 44.0 Å². The van der Waals surface area contributed by atoms with Crippen LogP contribution in [0.2, 0.25) is 0 Å². The van der Waals surface area contributed by atoms with E-state index in [9.17, 15) is 0 Å². The molecule has 0 aromatic carbocycles. The van der Waals surface area contributed by atoms with Crippen molar-refractivity contribution >= 4 is 15.9 Å². The van der Waals surface area contributed by atoms with E-state index >= 15 is 0 Å². The molecule has 2 saturated carbocycles. The van der Waals surface area contributed by atoms with Gasteiger partial charge in [-0.1, -0.05) is 6.92 Å². The average molecular weight is 326 g/mol. The van der Waals surface area contributed by atoms with Crippen LogP contribution in [0.25, 0.3) is 0 Å². The fourth-order valence-corrected chi connectivity index (χ4v) is 3.85. The maximum atomic E-state index is 4.60. The summed E-state index contributed by atoms with van der Waals surface area (Å²) in [6.07, 6.45) is 7.76. The molecular formula is C15H24BrN3. The van der Waals surface area contributed by atoms with Crippen molar-refractivity contribution in [2.45, 2.75) is 51.5 Å². The molecule has 0 spiro atoms. The Kier molecular flexibility index (Phi) is 3.99. The Balaban J connectivity index is 1.59. The van der Waals surface area contributed by atoms with Gasteiger partial charge in [0.25, 0.3) is 0 Å². The van der Waals surface area contributed by atoms with Crippen LogP contribution in [0.15, 0.2) is 4.47 Å². The number of rotatable bonds is 6. The first-order chi connectivity index (χ1) is 9.19. The minimum atomic E-state index is 0.844. The molecule has 0 amide bonds. The molecule has 2 aliphatic carbocycles. The monoisotopic (exact) mass is 325 g/mol. The molecule has 1 aromatic heterocycles. The fourth-order valence-electron chi connectivity index (χ4n) is 3.07. The summed E-state index contributed by atoms with van der Waals surface area (Å²) in [4.78, 5) is 0. The van der Waals surface area contributed by atoms with Crippen molar-refractivity contribution in [1.29, 1.82) is 0 Å². The van der Waals surface area contributed by atoms with E-state index in [0.717, 1.165) is 24.3 Å². The smallest absolute Gasteiger partial charge is 0.0766 e. The average Bonchev–Trinajstić information content (AvgIpc) is 3.14. The molecule has 106 valence electrons. The number of nitrogens with one attached hydrogen (secondary N) is 1. The van der Waals surface area contributed by atoms with Crippen molar-refractivity contribution in [1.82, 2.24) is 15.1 Å². The first-order valence-electron chi connectivity index (χ1n) is 7.62. The van der Waals surface area contributed by atoms with Crippen molar-refractivity contribution in [2.75, 3.05) is 6.54 Å². The van der Waals surface area contributed by atoms with Crippen LogP contribution in [-0.2, 0) is 19.9 Å². The first-order valence-corrected chi connectivity index (χ1v) is 8.42. The van der Waals surface area contributed by atoms with E-state index in [0.29, 0.717) is 0 Å². The van der Waals surface area contributed by atoms with Gasteiger partial charge in [-0.15, -0.1) is 0 Å². The predicted octanol–water partition coefficient (Wildman–Crippen LogP) is 3.07. The Morgan fingerprint density at radius 1 is 1.26 bits per heavy atom. The molecule has 3 rings (SSSR count). The normalized spacial score (nSPS) is 26.5. The highest BCUT2D eigenvalue weighted by Crippen LogP contribution is 2.38. The minimum absolute atomic E-state index is 0.844. The van der Waals surface area contributed by atoms with Crippen LogP contribution in [0, 0.1) is 11.8 Å². The van der Waals surface area contributed by atoms with Gasteiger partial charge >= 0.3 is 0 Å². The van der Waals surface area contributed by atoms with Crippen LogP contribution in [0.4, 0.5) is 0 Å². The molecule has 2 unspecified atom stereocenters. The number of hydrogen-bond acceptors (Lipinski definition) is 2. The van der Waals surface area contributed by atoms with Gasteiger partial charge < -0.3 is 5.32 Å². The Morgan fingerprint density at radius 3 is 2.53 bits per heavy atom. The molecule has 2 atom stereocenters. The zero-order valence-corrected chi connectivity index (χ0v) is 13.5. The standard InChI is InChI=1S/C15H24BrN3/c1-3-13-15(16)14(19(2)18-13)8-10-4-5-11(10)9-17-12-6-7-12/h10-12,17H,3-9H2,1-2H3. The third-order valence-corrected chi connectivity index (χ3v) is 5.69. The highest BCUT2D eigenvalue weighted by molar-refractivity contribution is 9.10.